The zero-order valence-electron chi connectivity index (χ0n) is 9.98. The number of halogens is 1. The second-order valence-electron chi connectivity index (χ2n) is 4.05. The van der Waals surface area contributed by atoms with E-state index < -0.39 is 0 Å². The summed E-state index contributed by atoms with van der Waals surface area (Å²) in [5.41, 5.74) is 2.16. The summed E-state index contributed by atoms with van der Waals surface area (Å²) in [6, 6.07) is 2.03. The number of hydrogen-bond acceptors (Lipinski definition) is 5. The number of hydrogen-bond donors (Lipinski definition) is 1. The number of nitrogens with one attached hydrogen (secondary N) is 1. The van der Waals surface area contributed by atoms with E-state index in [0.29, 0.717) is 10.8 Å². The first-order valence-corrected chi connectivity index (χ1v) is 6.69. The van der Waals surface area contributed by atoms with Gasteiger partial charge in [0.1, 0.15) is 15.9 Å². The number of thiazole rings is 1. The molecule has 0 aliphatic heterocycles. The third-order valence-corrected chi connectivity index (χ3v) is 3.29. The Morgan fingerprint density at radius 2 is 2.28 bits per heavy atom. The highest BCUT2D eigenvalue weighted by Gasteiger charge is 2.11. The van der Waals surface area contributed by atoms with Crippen LogP contribution in [0, 0.1) is 0 Å². The van der Waals surface area contributed by atoms with Crippen LogP contribution in [0.3, 0.4) is 0 Å². The lowest BCUT2D eigenvalue weighted by molar-refractivity contribution is 0.111. The van der Waals surface area contributed by atoms with Crippen LogP contribution < -0.4 is 5.32 Å². The molecule has 94 valence electrons. The van der Waals surface area contributed by atoms with Crippen molar-refractivity contribution in [2.24, 2.45) is 0 Å². The molecule has 0 aliphatic rings. The van der Waals surface area contributed by atoms with Crippen molar-refractivity contribution in [2.75, 3.05) is 5.32 Å². The van der Waals surface area contributed by atoms with Gasteiger partial charge in [0.2, 0.25) is 0 Å². The van der Waals surface area contributed by atoms with Crippen LogP contribution in [0.15, 0.2) is 17.6 Å². The van der Waals surface area contributed by atoms with E-state index in [9.17, 15) is 4.79 Å². The van der Waals surface area contributed by atoms with Crippen molar-refractivity contribution in [1.29, 1.82) is 0 Å². The number of aldehydes is 1. The molecular weight excluding hydrogens is 270 g/mol. The molecule has 0 unspecified atom stereocenters. The fourth-order valence-electron chi connectivity index (χ4n) is 1.49. The van der Waals surface area contributed by atoms with Crippen LogP contribution in [0.4, 0.5) is 5.69 Å². The van der Waals surface area contributed by atoms with Gasteiger partial charge in [-0.1, -0.05) is 11.6 Å². The molecule has 0 fully saturated rings. The zero-order chi connectivity index (χ0) is 13.1. The highest BCUT2D eigenvalue weighted by molar-refractivity contribution is 7.13. The van der Waals surface area contributed by atoms with Crippen molar-refractivity contribution < 1.29 is 4.79 Å². The first-order chi connectivity index (χ1) is 8.60. The summed E-state index contributed by atoms with van der Waals surface area (Å²) in [5.74, 6) is 0. The molecule has 6 heteroatoms. The van der Waals surface area contributed by atoms with Gasteiger partial charge in [-0.2, -0.15) is 0 Å². The SMILES string of the molecule is CC(C)Nc1cc(Cl)ncc1-c1nc(C=O)cs1. The minimum Gasteiger partial charge on any atom is -0.382 e. The summed E-state index contributed by atoms with van der Waals surface area (Å²) >= 11 is 7.30. The Morgan fingerprint density at radius 1 is 1.50 bits per heavy atom. The van der Waals surface area contributed by atoms with Gasteiger partial charge in [-0.3, -0.25) is 4.79 Å². The van der Waals surface area contributed by atoms with Gasteiger partial charge in [0.05, 0.1) is 5.56 Å². The fourth-order valence-corrected chi connectivity index (χ4v) is 2.44. The molecule has 0 saturated carbocycles. The van der Waals surface area contributed by atoms with E-state index in [1.54, 1.807) is 17.6 Å². The minimum atomic E-state index is 0.271. The lowest BCUT2D eigenvalue weighted by atomic mass is 10.2. The Bertz CT molecular complexity index is 568. The third kappa shape index (κ3) is 2.86. The normalized spacial score (nSPS) is 10.7. The molecule has 0 atom stereocenters. The predicted octanol–water partition coefficient (Wildman–Crippen LogP) is 3.49. The van der Waals surface area contributed by atoms with Gasteiger partial charge in [0, 0.05) is 23.3 Å². The molecule has 0 aliphatic carbocycles. The van der Waals surface area contributed by atoms with Crippen molar-refractivity contribution in [3.05, 3.63) is 28.5 Å². The number of carbonyl (C=O) groups is 1. The van der Waals surface area contributed by atoms with Crippen molar-refractivity contribution in [3.63, 3.8) is 0 Å². The Hall–Kier alpha value is -1.46. The first kappa shape index (κ1) is 13.0. The van der Waals surface area contributed by atoms with Gasteiger partial charge in [-0.05, 0) is 19.9 Å². The molecule has 4 nitrogen and oxygen atoms in total. The lowest BCUT2D eigenvalue weighted by Crippen LogP contribution is -2.10. The number of aromatic nitrogens is 2. The minimum absolute atomic E-state index is 0.271. The number of nitrogens with zero attached hydrogens (tertiary/aromatic N) is 2. The van der Waals surface area contributed by atoms with E-state index >= 15 is 0 Å². The molecule has 2 rings (SSSR count). The Labute approximate surface area is 114 Å². The average molecular weight is 282 g/mol. The molecule has 1 N–H and O–H groups in total. The molecular formula is C12H12ClN3OS. The largest absolute Gasteiger partial charge is 0.382 e. The molecule has 0 bridgehead atoms. The van der Waals surface area contributed by atoms with Gasteiger partial charge in [-0.15, -0.1) is 11.3 Å². The monoisotopic (exact) mass is 281 g/mol. The van der Waals surface area contributed by atoms with Crippen LogP contribution in [0.25, 0.3) is 10.6 Å². The molecule has 0 amide bonds. The maximum Gasteiger partial charge on any atom is 0.169 e. The smallest absolute Gasteiger partial charge is 0.169 e. The maximum absolute atomic E-state index is 10.7. The second kappa shape index (κ2) is 5.46. The van der Waals surface area contributed by atoms with Crippen molar-refractivity contribution in [2.45, 2.75) is 19.9 Å². The molecule has 0 spiro atoms. The van der Waals surface area contributed by atoms with E-state index in [-0.39, 0.29) is 6.04 Å². The summed E-state index contributed by atoms with van der Waals surface area (Å²) < 4.78 is 0. The molecule has 0 saturated heterocycles. The lowest BCUT2D eigenvalue weighted by Gasteiger charge is -2.13. The van der Waals surface area contributed by atoms with Crippen molar-refractivity contribution >= 4 is 34.9 Å². The van der Waals surface area contributed by atoms with E-state index in [1.165, 1.54) is 11.3 Å². The number of rotatable bonds is 4. The number of carbonyl (C=O) groups excluding carboxylic acids is 1. The third-order valence-electron chi connectivity index (χ3n) is 2.19. The van der Waals surface area contributed by atoms with E-state index in [0.717, 1.165) is 22.5 Å². The first-order valence-electron chi connectivity index (χ1n) is 5.43. The van der Waals surface area contributed by atoms with Crippen LogP contribution in [0.1, 0.15) is 24.3 Å². The van der Waals surface area contributed by atoms with Crippen LogP contribution in [-0.2, 0) is 0 Å². The number of anilines is 1. The standard InChI is InChI=1S/C12H12ClN3OS/c1-7(2)15-10-3-11(13)14-4-9(10)12-16-8(5-17)6-18-12/h3-7H,1-2H3,(H,14,15). The van der Waals surface area contributed by atoms with Crippen LogP contribution in [0.2, 0.25) is 5.15 Å². The summed E-state index contributed by atoms with van der Waals surface area (Å²) in [4.78, 5) is 18.9. The Balaban J connectivity index is 2.45. The van der Waals surface area contributed by atoms with E-state index in [2.05, 4.69) is 15.3 Å². The van der Waals surface area contributed by atoms with E-state index in [4.69, 9.17) is 11.6 Å². The summed E-state index contributed by atoms with van der Waals surface area (Å²) in [7, 11) is 0. The highest BCUT2D eigenvalue weighted by atomic mass is 35.5. The van der Waals surface area contributed by atoms with Crippen LogP contribution in [0.5, 0.6) is 0 Å². The highest BCUT2D eigenvalue weighted by Crippen LogP contribution is 2.31. The Kier molecular flexibility index (Phi) is 3.93. The number of pyridine rings is 1. The molecule has 0 radical (unpaired) electrons. The van der Waals surface area contributed by atoms with Gasteiger partial charge in [-0.25, -0.2) is 9.97 Å². The summed E-state index contributed by atoms with van der Waals surface area (Å²) in [5, 5.41) is 6.19. The van der Waals surface area contributed by atoms with Crippen LogP contribution in [-0.4, -0.2) is 22.3 Å². The topological polar surface area (TPSA) is 54.9 Å². The van der Waals surface area contributed by atoms with Crippen molar-refractivity contribution in [3.8, 4) is 10.6 Å². The van der Waals surface area contributed by atoms with Gasteiger partial charge in [0.15, 0.2) is 6.29 Å². The average Bonchev–Trinajstić information content (AvgIpc) is 2.77. The molecule has 2 aromatic rings. The molecule has 0 aromatic carbocycles. The van der Waals surface area contributed by atoms with Crippen LogP contribution >= 0.6 is 22.9 Å². The van der Waals surface area contributed by atoms with Gasteiger partial charge >= 0.3 is 0 Å². The molecule has 2 heterocycles. The molecule has 18 heavy (non-hydrogen) atoms. The second-order valence-corrected chi connectivity index (χ2v) is 5.29. The zero-order valence-corrected chi connectivity index (χ0v) is 11.5. The van der Waals surface area contributed by atoms with Gasteiger partial charge in [0.25, 0.3) is 0 Å². The fraction of sp³-hybridized carbons (Fsp3) is 0.250. The molecule has 2 aromatic heterocycles. The maximum atomic E-state index is 10.7. The predicted molar refractivity (Wildman–Crippen MR) is 74.5 cm³/mol. The summed E-state index contributed by atoms with van der Waals surface area (Å²) in [6.45, 7) is 4.08. The quantitative estimate of drug-likeness (QED) is 0.688. The van der Waals surface area contributed by atoms with E-state index in [1.807, 2.05) is 13.8 Å². The van der Waals surface area contributed by atoms with Crippen molar-refractivity contribution in [1.82, 2.24) is 9.97 Å². The summed E-state index contributed by atoms with van der Waals surface area (Å²) in [6.07, 6.45) is 2.40. The Morgan fingerprint density at radius 3 is 2.89 bits per heavy atom. The van der Waals surface area contributed by atoms with Gasteiger partial charge < -0.3 is 5.32 Å².